The van der Waals surface area contributed by atoms with Crippen LogP contribution >= 0.6 is 0 Å². The number of piperidine rings is 1. The van der Waals surface area contributed by atoms with Gasteiger partial charge in [0.15, 0.2) is 6.80 Å². The summed E-state index contributed by atoms with van der Waals surface area (Å²) in [6, 6.07) is 5.06. The summed E-state index contributed by atoms with van der Waals surface area (Å²) in [4.78, 5) is 23.0. The lowest BCUT2D eigenvalue weighted by Crippen LogP contribution is -2.57. The highest BCUT2D eigenvalue weighted by Crippen LogP contribution is 2.40. The molecular formula is C26H26F3N5O2. The Morgan fingerprint density at radius 2 is 1.94 bits per heavy atom. The standard InChI is InChI=1S/C26H26F3N5O2/c27-13-33-6-5-14(7-25(33)36)17-10-23(35)18(9-19(17)28)21-11-31-24(12-30-21)34(16-2-3-16)22-8-15-1-4-20(32-15)26(22)29/h5-7,9-12,15-16,20,22,26,32,35H,1-4,8,13H2/t15?,20?,22-,26+/m1/s1. The molecule has 3 aromatic rings. The monoisotopic (exact) mass is 497 g/mol. The zero-order valence-electron chi connectivity index (χ0n) is 19.4. The van der Waals surface area contributed by atoms with E-state index in [1.165, 1.54) is 24.5 Å². The molecule has 1 aromatic carbocycles. The van der Waals surface area contributed by atoms with Crippen molar-refractivity contribution in [3.05, 3.63) is 59.0 Å². The first-order valence-corrected chi connectivity index (χ1v) is 12.2. The average Bonchev–Trinajstić information content (AvgIpc) is 3.63. The number of halogens is 3. The molecule has 4 atom stereocenters. The molecule has 6 rings (SSSR count). The fourth-order valence-corrected chi connectivity index (χ4v) is 5.58. The van der Waals surface area contributed by atoms with Gasteiger partial charge in [-0.1, -0.05) is 0 Å². The summed E-state index contributed by atoms with van der Waals surface area (Å²) < 4.78 is 43.9. The lowest BCUT2D eigenvalue weighted by molar-refractivity contribution is 0.171. The SMILES string of the molecule is O=c1cc(-c2cc(O)c(-c3cnc(N(C4CC4)[C@@H]4CC5CCC(N5)[C@@H]4F)cn3)cc2F)ccn1CF. The molecule has 188 valence electrons. The second-order valence-corrected chi connectivity index (χ2v) is 9.89. The molecule has 2 aromatic heterocycles. The molecular weight excluding hydrogens is 471 g/mol. The largest absolute Gasteiger partial charge is 0.507 e. The molecule has 1 aliphatic carbocycles. The quantitative estimate of drug-likeness (QED) is 0.537. The Labute approximate surface area is 205 Å². The van der Waals surface area contributed by atoms with E-state index in [2.05, 4.69) is 20.2 Å². The summed E-state index contributed by atoms with van der Waals surface area (Å²) in [5.74, 6) is -0.322. The van der Waals surface area contributed by atoms with Gasteiger partial charge in [0.2, 0.25) is 0 Å². The van der Waals surface area contributed by atoms with Crippen molar-refractivity contribution in [2.24, 2.45) is 0 Å². The van der Waals surface area contributed by atoms with E-state index < -0.39 is 24.3 Å². The van der Waals surface area contributed by atoms with Crippen LogP contribution in [0.1, 0.15) is 32.1 Å². The van der Waals surface area contributed by atoms with Crippen molar-refractivity contribution < 1.29 is 18.3 Å². The van der Waals surface area contributed by atoms with Gasteiger partial charge in [0.1, 0.15) is 23.6 Å². The van der Waals surface area contributed by atoms with Crippen molar-refractivity contribution in [2.45, 2.75) is 69.2 Å². The van der Waals surface area contributed by atoms with Gasteiger partial charge in [0.25, 0.3) is 5.56 Å². The van der Waals surface area contributed by atoms with Crippen LogP contribution in [0.2, 0.25) is 0 Å². The van der Waals surface area contributed by atoms with Gasteiger partial charge < -0.3 is 15.3 Å². The van der Waals surface area contributed by atoms with Crippen molar-refractivity contribution in [3.63, 3.8) is 0 Å². The highest BCUT2D eigenvalue weighted by molar-refractivity contribution is 5.74. The number of nitrogens with zero attached hydrogens (tertiary/aromatic N) is 4. The van der Waals surface area contributed by atoms with Crippen molar-refractivity contribution in [1.82, 2.24) is 19.9 Å². The van der Waals surface area contributed by atoms with E-state index in [4.69, 9.17) is 0 Å². The average molecular weight is 498 g/mol. The fraction of sp³-hybridized carbons (Fsp3) is 0.423. The molecule has 2 bridgehead atoms. The third-order valence-electron chi connectivity index (χ3n) is 7.55. The number of pyridine rings is 1. The molecule has 2 unspecified atom stereocenters. The summed E-state index contributed by atoms with van der Waals surface area (Å²) in [7, 11) is 0. The van der Waals surface area contributed by atoms with E-state index in [0.29, 0.717) is 11.9 Å². The van der Waals surface area contributed by atoms with Crippen LogP contribution in [0.5, 0.6) is 5.75 Å². The van der Waals surface area contributed by atoms with Crippen LogP contribution in [0.25, 0.3) is 22.4 Å². The summed E-state index contributed by atoms with van der Waals surface area (Å²) in [6.45, 7) is -0.983. The Balaban J connectivity index is 1.28. The Hall–Kier alpha value is -3.40. The maximum absolute atomic E-state index is 15.3. The number of aromatic nitrogens is 3. The second-order valence-electron chi connectivity index (χ2n) is 9.89. The molecule has 0 amide bonds. The van der Waals surface area contributed by atoms with Gasteiger partial charge in [-0.3, -0.25) is 14.3 Å². The van der Waals surface area contributed by atoms with Crippen LogP contribution in [0.15, 0.2) is 47.7 Å². The predicted octanol–water partition coefficient (Wildman–Crippen LogP) is 3.94. The van der Waals surface area contributed by atoms with Crippen molar-refractivity contribution in [1.29, 1.82) is 0 Å². The number of aromatic hydroxyl groups is 1. The minimum atomic E-state index is -0.983. The van der Waals surface area contributed by atoms with E-state index in [-0.39, 0.29) is 46.3 Å². The van der Waals surface area contributed by atoms with Crippen LogP contribution < -0.4 is 15.8 Å². The number of fused-ring (bicyclic) bond motifs is 2. The van der Waals surface area contributed by atoms with Crippen LogP contribution in [-0.2, 0) is 6.80 Å². The highest BCUT2D eigenvalue weighted by Gasteiger charge is 2.48. The van der Waals surface area contributed by atoms with Crippen molar-refractivity contribution in [3.8, 4) is 28.1 Å². The van der Waals surface area contributed by atoms with E-state index in [1.54, 1.807) is 6.20 Å². The van der Waals surface area contributed by atoms with Crippen LogP contribution in [0.3, 0.4) is 0 Å². The normalized spacial score (nSPS) is 25.2. The number of phenolic OH excluding ortho intramolecular Hbond substituents is 1. The zero-order valence-corrected chi connectivity index (χ0v) is 19.4. The Kier molecular flexibility index (Phi) is 5.70. The summed E-state index contributed by atoms with van der Waals surface area (Å²) >= 11 is 0. The summed E-state index contributed by atoms with van der Waals surface area (Å²) in [5, 5.41) is 14.0. The van der Waals surface area contributed by atoms with Gasteiger partial charge >= 0.3 is 0 Å². The number of anilines is 1. The number of nitrogens with one attached hydrogen (secondary N) is 1. The van der Waals surface area contributed by atoms with Crippen LogP contribution in [0.4, 0.5) is 19.0 Å². The molecule has 36 heavy (non-hydrogen) atoms. The maximum Gasteiger partial charge on any atom is 0.253 e. The number of hydrogen-bond acceptors (Lipinski definition) is 6. The molecule has 2 saturated heterocycles. The first-order chi connectivity index (χ1) is 17.4. The predicted molar refractivity (Wildman–Crippen MR) is 129 cm³/mol. The molecule has 4 heterocycles. The summed E-state index contributed by atoms with van der Waals surface area (Å²) in [6.07, 6.45) is 7.80. The second kappa shape index (κ2) is 8.92. The molecule has 2 aliphatic heterocycles. The zero-order chi connectivity index (χ0) is 25.0. The molecule has 0 spiro atoms. The summed E-state index contributed by atoms with van der Waals surface area (Å²) in [5.41, 5.74) is 0.0404. The molecule has 1 saturated carbocycles. The molecule has 10 heteroatoms. The van der Waals surface area contributed by atoms with Crippen LogP contribution in [-0.4, -0.2) is 50.0 Å². The molecule has 7 nitrogen and oxygen atoms in total. The number of rotatable bonds is 6. The lowest BCUT2D eigenvalue weighted by atomic mass is 9.96. The Bertz CT molecular complexity index is 1340. The van der Waals surface area contributed by atoms with Gasteiger partial charge in [0.05, 0.1) is 24.1 Å². The minimum Gasteiger partial charge on any atom is -0.507 e. The van der Waals surface area contributed by atoms with E-state index in [1.807, 2.05) is 0 Å². The smallest absolute Gasteiger partial charge is 0.253 e. The highest BCUT2D eigenvalue weighted by atomic mass is 19.1. The minimum absolute atomic E-state index is 0.0124. The van der Waals surface area contributed by atoms with Crippen molar-refractivity contribution in [2.75, 3.05) is 4.90 Å². The topological polar surface area (TPSA) is 83.3 Å². The molecule has 0 radical (unpaired) electrons. The van der Waals surface area contributed by atoms with Gasteiger partial charge in [-0.05, 0) is 55.9 Å². The third kappa shape index (κ3) is 4.03. The van der Waals surface area contributed by atoms with E-state index >= 15 is 8.78 Å². The number of phenols is 1. The van der Waals surface area contributed by atoms with Gasteiger partial charge in [-0.15, -0.1) is 0 Å². The first-order valence-electron chi connectivity index (χ1n) is 12.2. The lowest BCUT2D eigenvalue weighted by Gasteiger charge is -2.41. The number of benzene rings is 1. The molecule has 2 N–H and O–H groups in total. The van der Waals surface area contributed by atoms with Gasteiger partial charge in [-0.25, -0.2) is 18.2 Å². The Morgan fingerprint density at radius 1 is 1.11 bits per heavy atom. The number of hydrogen-bond donors (Lipinski definition) is 2. The van der Waals surface area contributed by atoms with Crippen LogP contribution in [0, 0.1) is 5.82 Å². The fourth-order valence-electron chi connectivity index (χ4n) is 5.58. The van der Waals surface area contributed by atoms with E-state index in [9.17, 15) is 14.3 Å². The van der Waals surface area contributed by atoms with Crippen molar-refractivity contribution >= 4 is 5.82 Å². The van der Waals surface area contributed by atoms with E-state index in [0.717, 1.165) is 48.8 Å². The van der Waals surface area contributed by atoms with Gasteiger partial charge in [-0.2, -0.15) is 0 Å². The molecule has 3 fully saturated rings. The molecule has 3 aliphatic rings. The Morgan fingerprint density at radius 3 is 2.64 bits per heavy atom. The number of alkyl halides is 2. The first kappa shape index (κ1) is 23.0. The third-order valence-corrected chi connectivity index (χ3v) is 7.55. The van der Waals surface area contributed by atoms with Gasteiger partial charge in [0, 0.05) is 41.5 Å². The maximum atomic E-state index is 15.3.